The zero-order valence-corrected chi connectivity index (χ0v) is 14.8. The maximum atomic E-state index is 14.1. The molecule has 3 rings (SSSR count). The first-order chi connectivity index (χ1) is 12.6. The van der Waals surface area contributed by atoms with Crippen molar-refractivity contribution in [3.05, 3.63) is 89.9 Å². The number of anilines is 2. The van der Waals surface area contributed by atoms with Crippen LogP contribution < -0.4 is 9.80 Å². The minimum atomic E-state index is -0.540. The molecule has 0 bridgehead atoms. The quantitative estimate of drug-likeness (QED) is 0.695. The number of aromatic nitrogens is 1. The fraction of sp³-hybridized carbons (Fsp3) is 0.143. The fourth-order valence-electron chi connectivity index (χ4n) is 2.63. The highest BCUT2D eigenvalue weighted by Gasteiger charge is 2.21. The molecule has 0 aliphatic rings. The Bertz CT molecular complexity index is 879. The molecule has 0 saturated carbocycles. The molecule has 1 heterocycles. The van der Waals surface area contributed by atoms with E-state index in [9.17, 15) is 9.18 Å². The Labute approximate surface area is 152 Å². The van der Waals surface area contributed by atoms with Gasteiger partial charge in [-0.05, 0) is 42.0 Å². The fourth-order valence-corrected chi connectivity index (χ4v) is 2.63. The van der Waals surface area contributed by atoms with Crippen LogP contribution in [0.1, 0.15) is 15.9 Å². The summed E-state index contributed by atoms with van der Waals surface area (Å²) in [4.78, 5) is 20.7. The number of pyridine rings is 1. The molecule has 132 valence electrons. The van der Waals surface area contributed by atoms with Crippen molar-refractivity contribution in [2.45, 2.75) is 6.54 Å². The Morgan fingerprint density at radius 2 is 1.65 bits per heavy atom. The van der Waals surface area contributed by atoms with E-state index >= 15 is 0 Å². The van der Waals surface area contributed by atoms with Crippen LogP contribution in [0.3, 0.4) is 0 Å². The molecule has 4 nitrogen and oxygen atoms in total. The van der Waals surface area contributed by atoms with Gasteiger partial charge in [-0.25, -0.2) is 9.37 Å². The number of rotatable bonds is 5. The maximum absolute atomic E-state index is 14.1. The first kappa shape index (κ1) is 17.6. The van der Waals surface area contributed by atoms with E-state index in [1.54, 1.807) is 36.5 Å². The summed E-state index contributed by atoms with van der Waals surface area (Å²) >= 11 is 0. The van der Waals surface area contributed by atoms with Crippen LogP contribution in [-0.2, 0) is 6.54 Å². The molecule has 0 aliphatic heterocycles. The molecule has 1 aromatic heterocycles. The second-order valence-electron chi connectivity index (χ2n) is 6.12. The van der Waals surface area contributed by atoms with E-state index in [4.69, 9.17) is 0 Å². The van der Waals surface area contributed by atoms with E-state index < -0.39 is 11.7 Å². The number of amides is 1. The van der Waals surface area contributed by atoms with E-state index in [2.05, 4.69) is 4.98 Å². The number of halogens is 1. The maximum Gasteiger partial charge on any atom is 0.262 e. The molecule has 2 aromatic carbocycles. The van der Waals surface area contributed by atoms with Gasteiger partial charge in [0.1, 0.15) is 11.6 Å². The first-order valence-corrected chi connectivity index (χ1v) is 8.30. The third-order valence-electron chi connectivity index (χ3n) is 4.07. The Balaban J connectivity index is 1.94. The van der Waals surface area contributed by atoms with Crippen molar-refractivity contribution in [2.24, 2.45) is 0 Å². The third kappa shape index (κ3) is 3.88. The lowest BCUT2D eigenvalue weighted by atomic mass is 10.1. The van der Waals surface area contributed by atoms with Crippen molar-refractivity contribution in [1.29, 1.82) is 0 Å². The zero-order valence-electron chi connectivity index (χ0n) is 14.8. The van der Waals surface area contributed by atoms with Crippen LogP contribution in [-0.4, -0.2) is 25.0 Å². The lowest BCUT2D eigenvalue weighted by molar-refractivity contribution is 0.0980. The van der Waals surface area contributed by atoms with Crippen LogP contribution in [0.25, 0.3) is 0 Å². The van der Waals surface area contributed by atoms with Crippen molar-refractivity contribution in [3.8, 4) is 0 Å². The second kappa shape index (κ2) is 7.78. The summed E-state index contributed by atoms with van der Waals surface area (Å²) in [5, 5.41) is 0. The summed E-state index contributed by atoms with van der Waals surface area (Å²) < 4.78 is 14.1. The molecule has 0 fully saturated rings. The molecule has 1 amide bonds. The molecule has 3 aromatic rings. The van der Waals surface area contributed by atoms with Crippen molar-refractivity contribution in [1.82, 2.24) is 4.98 Å². The van der Waals surface area contributed by atoms with Gasteiger partial charge in [0.15, 0.2) is 0 Å². The molecule has 0 saturated heterocycles. The number of carbonyl (C=O) groups excluding carboxylic acids is 1. The van der Waals surface area contributed by atoms with Gasteiger partial charge in [0.05, 0.1) is 12.1 Å². The first-order valence-electron chi connectivity index (χ1n) is 8.30. The smallest absolute Gasteiger partial charge is 0.262 e. The van der Waals surface area contributed by atoms with E-state index in [0.29, 0.717) is 12.4 Å². The van der Waals surface area contributed by atoms with E-state index in [-0.39, 0.29) is 5.56 Å². The molecule has 0 aliphatic carbocycles. The van der Waals surface area contributed by atoms with Gasteiger partial charge in [0.25, 0.3) is 5.91 Å². The van der Waals surface area contributed by atoms with E-state index in [1.807, 2.05) is 43.3 Å². The molecule has 0 radical (unpaired) electrons. The van der Waals surface area contributed by atoms with Gasteiger partial charge in [-0.15, -0.1) is 0 Å². The predicted octanol–water partition coefficient (Wildman–Crippen LogP) is 4.13. The van der Waals surface area contributed by atoms with Crippen LogP contribution in [0.15, 0.2) is 72.9 Å². The van der Waals surface area contributed by atoms with Crippen LogP contribution >= 0.6 is 0 Å². The zero-order chi connectivity index (χ0) is 18.5. The average molecular weight is 349 g/mol. The van der Waals surface area contributed by atoms with Crippen LogP contribution in [0.4, 0.5) is 15.9 Å². The molecule has 26 heavy (non-hydrogen) atoms. The molecular weight excluding hydrogens is 329 g/mol. The number of carbonyl (C=O) groups is 1. The van der Waals surface area contributed by atoms with Crippen molar-refractivity contribution in [2.75, 3.05) is 23.9 Å². The average Bonchev–Trinajstić information content (AvgIpc) is 2.67. The highest BCUT2D eigenvalue weighted by Crippen LogP contribution is 2.20. The Morgan fingerprint density at radius 1 is 0.962 bits per heavy atom. The van der Waals surface area contributed by atoms with Crippen LogP contribution in [0.5, 0.6) is 0 Å². The van der Waals surface area contributed by atoms with E-state index in [1.165, 1.54) is 17.0 Å². The number of benzene rings is 2. The highest BCUT2D eigenvalue weighted by molar-refractivity contribution is 6.05. The van der Waals surface area contributed by atoms with Crippen molar-refractivity contribution < 1.29 is 9.18 Å². The Kier molecular flexibility index (Phi) is 5.27. The summed E-state index contributed by atoms with van der Waals surface area (Å²) in [5.74, 6) is -0.475. The van der Waals surface area contributed by atoms with Gasteiger partial charge < -0.3 is 4.90 Å². The topological polar surface area (TPSA) is 36.4 Å². The summed E-state index contributed by atoms with van der Waals surface area (Å²) in [5.41, 5.74) is 2.03. The normalized spacial score (nSPS) is 10.4. The standard InChI is InChI=1S/C21H20FN3O/c1-24(2)17-12-10-16(11-13-17)15-25(20-9-5-6-14-23-20)21(26)18-7-3-4-8-19(18)22/h3-14H,15H2,1-2H3. The molecular formula is C21H20FN3O. The number of hydrogen-bond acceptors (Lipinski definition) is 3. The number of nitrogens with zero attached hydrogens (tertiary/aromatic N) is 3. The van der Waals surface area contributed by atoms with Crippen molar-refractivity contribution >= 4 is 17.4 Å². The Morgan fingerprint density at radius 3 is 2.27 bits per heavy atom. The van der Waals surface area contributed by atoms with Gasteiger partial charge in [-0.2, -0.15) is 0 Å². The predicted molar refractivity (Wildman–Crippen MR) is 102 cm³/mol. The van der Waals surface area contributed by atoms with Gasteiger partial charge in [-0.1, -0.05) is 30.3 Å². The number of hydrogen-bond donors (Lipinski definition) is 0. The summed E-state index contributed by atoms with van der Waals surface area (Å²) in [6.07, 6.45) is 1.62. The largest absolute Gasteiger partial charge is 0.378 e. The summed E-state index contributed by atoms with van der Waals surface area (Å²) in [7, 11) is 3.94. The van der Waals surface area contributed by atoms with Gasteiger partial charge >= 0.3 is 0 Å². The van der Waals surface area contributed by atoms with Gasteiger partial charge in [0, 0.05) is 26.0 Å². The molecule has 0 atom stereocenters. The van der Waals surface area contributed by atoms with Gasteiger partial charge in [-0.3, -0.25) is 9.69 Å². The van der Waals surface area contributed by atoms with E-state index in [0.717, 1.165) is 11.3 Å². The minimum absolute atomic E-state index is 0.0306. The Hall–Kier alpha value is -3.21. The molecule has 0 unspecified atom stereocenters. The minimum Gasteiger partial charge on any atom is -0.378 e. The molecule has 5 heteroatoms. The molecule has 0 spiro atoms. The SMILES string of the molecule is CN(C)c1ccc(CN(C(=O)c2ccccc2F)c2ccccn2)cc1. The van der Waals surface area contributed by atoms with Gasteiger partial charge in [0.2, 0.25) is 0 Å². The summed E-state index contributed by atoms with van der Waals surface area (Å²) in [6.45, 7) is 0.303. The highest BCUT2D eigenvalue weighted by atomic mass is 19.1. The molecule has 0 N–H and O–H groups in total. The van der Waals surface area contributed by atoms with Crippen molar-refractivity contribution in [3.63, 3.8) is 0 Å². The lowest BCUT2D eigenvalue weighted by Crippen LogP contribution is -2.31. The lowest BCUT2D eigenvalue weighted by Gasteiger charge is -2.22. The summed E-state index contributed by atoms with van der Waals surface area (Å²) in [6, 6.07) is 19.2. The third-order valence-corrected chi connectivity index (χ3v) is 4.07. The van der Waals surface area contributed by atoms with Crippen LogP contribution in [0, 0.1) is 5.82 Å². The monoisotopic (exact) mass is 349 g/mol. The van der Waals surface area contributed by atoms with Crippen LogP contribution in [0.2, 0.25) is 0 Å². The second-order valence-corrected chi connectivity index (χ2v) is 6.12.